The summed E-state index contributed by atoms with van der Waals surface area (Å²) in [6.07, 6.45) is 0. The van der Waals surface area contributed by atoms with E-state index in [1.165, 1.54) is 0 Å². The third-order valence-electron chi connectivity index (χ3n) is 3.29. The number of nitrogens with zero attached hydrogens (tertiary/aromatic N) is 2. The number of fused-ring (bicyclic) bond motifs is 1. The van der Waals surface area contributed by atoms with E-state index >= 15 is 0 Å². The molecule has 0 radical (unpaired) electrons. The van der Waals surface area contributed by atoms with Gasteiger partial charge in [-0.15, -0.1) is 0 Å². The van der Waals surface area contributed by atoms with Gasteiger partial charge in [-0.05, 0) is 38.7 Å². The molecule has 5 nitrogen and oxygen atoms in total. The highest BCUT2D eigenvalue weighted by Gasteiger charge is 2.29. The fraction of sp³-hybridized carbons (Fsp3) is 0.467. The van der Waals surface area contributed by atoms with Gasteiger partial charge in [0.1, 0.15) is 5.69 Å². The summed E-state index contributed by atoms with van der Waals surface area (Å²) in [5.41, 5.74) is 1.02. The third-order valence-corrected chi connectivity index (χ3v) is 3.29. The first-order valence-electron chi connectivity index (χ1n) is 6.46. The summed E-state index contributed by atoms with van der Waals surface area (Å²) in [5, 5.41) is 13.1. The fourth-order valence-electron chi connectivity index (χ4n) is 2.15. The lowest BCUT2D eigenvalue weighted by atomic mass is 9.95. The number of ether oxygens (including phenoxy) is 2. The van der Waals surface area contributed by atoms with E-state index in [-0.39, 0.29) is 5.41 Å². The van der Waals surface area contributed by atoms with Crippen LogP contribution < -0.4 is 14.2 Å². The van der Waals surface area contributed by atoms with Crippen molar-refractivity contribution >= 4 is 10.9 Å². The summed E-state index contributed by atoms with van der Waals surface area (Å²) in [6, 6.07) is 3.59. The summed E-state index contributed by atoms with van der Waals surface area (Å²) in [6.45, 7) is 7.69. The average molecular weight is 276 g/mol. The summed E-state index contributed by atoms with van der Waals surface area (Å²) in [4.78, 5) is 4.51. The highest BCUT2D eigenvalue weighted by Crippen LogP contribution is 2.32. The molecular weight excluding hydrogens is 256 g/mol. The number of hydrogen-bond acceptors (Lipinski definition) is 4. The van der Waals surface area contributed by atoms with Gasteiger partial charge in [0, 0.05) is 6.07 Å². The molecule has 2 rings (SSSR count). The van der Waals surface area contributed by atoms with Gasteiger partial charge in [0.2, 0.25) is 0 Å². The Kier molecular flexibility index (Phi) is 3.46. The molecule has 5 heteroatoms. The minimum atomic E-state index is -0.326. The Bertz CT molecular complexity index is 660. The van der Waals surface area contributed by atoms with Crippen molar-refractivity contribution in [3.05, 3.63) is 28.9 Å². The van der Waals surface area contributed by atoms with Crippen LogP contribution in [0.3, 0.4) is 0 Å². The lowest BCUT2D eigenvalue weighted by Gasteiger charge is -2.20. The van der Waals surface area contributed by atoms with E-state index in [1.54, 1.807) is 33.3 Å². The molecule has 0 saturated carbocycles. The lowest BCUT2D eigenvalue weighted by molar-refractivity contribution is -0.626. The topological polar surface area (TPSA) is 58.3 Å². The maximum absolute atomic E-state index is 12.4. The van der Waals surface area contributed by atoms with Gasteiger partial charge >= 0.3 is 5.82 Å². The molecule has 108 valence electrons. The van der Waals surface area contributed by atoms with Crippen LogP contribution in [0.25, 0.3) is 10.9 Å². The van der Waals surface area contributed by atoms with Gasteiger partial charge in [-0.2, -0.15) is 0 Å². The summed E-state index contributed by atoms with van der Waals surface area (Å²) in [7, 11) is 3.15. The van der Waals surface area contributed by atoms with Gasteiger partial charge in [0.05, 0.1) is 25.0 Å². The molecule has 1 aromatic heterocycles. The van der Waals surface area contributed by atoms with Gasteiger partial charge in [0.15, 0.2) is 17.0 Å². The second kappa shape index (κ2) is 4.81. The summed E-state index contributed by atoms with van der Waals surface area (Å²) < 4.78 is 11.5. The Hall–Kier alpha value is -2.04. The van der Waals surface area contributed by atoms with E-state index < -0.39 is 0 Å². The molecule has 0 fully saturated rings. The first-order chi connectivity index (χ1) is 9.29. The third kappa shape index (κ3) is 2.24. The first kappa shape index (κ1) is 14.4. The minimum absolute atomic E-state index is 0.326. The molecular formula is C15H20N2O3. The monoisotopic (exact) mass is 276 g/mol. The van der Waals surface area contributed by atoms with E-state index in [4.69, 9.17) is 9.47 Å². The second-order valence-electron chi connectivity index (χ2n) is 5.79. The van der Waals surface area contributed by atoms with Gasteiger partial charge in [-0.1, -0.05) is 0 Å². The summed E-state index contributed by atoms with van der Waals surface area (Å²) in [5.74, 6) is 1.69. The van der Waals surface area contributed by atoms with Crippen LogP contribution in [0.1, 0.15) is 32.3 Å². The van der Waals surface area contributed by atoms with E-state index in [1.807, 2.05) is 20.8 Å². The van der Waals surface area contributed by atoms with Crippen molar-refractivity contribution in [1.29, 1.82) is 0 Å². The van der Waals surface area contributed by atoms with Crippen molar-refractivity contribution in [3.8, 4) is 11.5 Å². The molecule has 0 aliphatic heterocycles. The van der Waals surface area contributed by atoms with Crippen molar-refractivity contribution in [2.75, 3.05) is 14.2 Å². The Morgan fingerprint density at radius 2 is 1.65 bits per heavy atom. The number of methoxy groups -OCH3 is 2. The van der Waals surface area contributed by atoms with Gasteiger partial charge in [-0.3, -0.25) is 0 Å². The second-order valence-corrected chi connectivity index (χ2v) is 5.79. The van der Waals surface area contributed by atoms with Crippen LogP contribution >= 0.6 is 0 Å². The largest absolute Gasteiger partial charge is 0.711 e. The molecule has 0 spiro atoms. The van der Waals surface area contributed by atoms with Crippen molar-refractivity contribution in [1.82, 2.24) is 4.98 Å². The highest BCUT2D eigenvalue weighted by molar-refractivity contribution is 5.83. The predicted octanol–water partition coefficient (Wildman–Crippen LogP) is 2.49. The molecule has 0 saturated heterocycles. The van der Waals surface area contributed by atoms with E-state index in [2.05, 4.69) is 4.98 Å². The van der Waals surface area contributed by atoms with Crippen LogP contribution in [0.15, 0.2) is 12.1 Å². The highest BCUT2D eigenvalue weighted by atomic mass is 16.5. The smallest absolute Gasteiger partial charge is 0.307 e. The van der Waals surface area contributed by atoms with Crippen LogP contribution in [-0.4, -0.2) is 19.2 Å². The molecule has 0 N–H and O–H groups in total. The molecule has 0 amide bonds. The van der Waals surface area contributed by atoms with Gasteiger partial charge in [0.25, 0.3) is 0 Å². The predicted molar refractivity (Wildman–Crippen MR) is 77.2 cm³/mol. The zero-order valence-corrected chi connectivity index (χ0v) is 12.8. The molecule has 1 heterocycles. The van der Waals surface area contributed by atoms with Crippen molar-refractivity contribution in [3.63, 3.8) is 0 Å². The Morgan fingerprint density at radius 1 is 1.10 bits per heavy atom. The number of aromatic nitrogens is 2. The molecule has 0 aliphatic carbocycles. The van der Waals surface area contributed by atoms with Crippen LogP contribution in [0.4, 0.5) is 0 Å². The fourth-order valence-corrected chi connectivity index (χ4v) is 2.15. The zero-order chi connectivity index (χ0) is 15.1. The van der Waals surface area contributed by atoms with Crippen LogP contribution in [-0.2, 0) is 5.41 Å². The molecule has 0 unspecified atom stereocenters. The van der Waals surface area contributed by atoms with Crippen LogP contribution in [0.5, 0.6) is 11.5 Å². The minimum Gasteiger partial charge on any atom is -0.711 e. The standard InChI is InChI=1S/C15H20N2O3/c1-9-10-7-12(19-5)13(20-6)8-11(10)16-14(17(9)18)15(2,3)4/h7-8H,1-6H3. The number of rotatable bonds is 2. The quantitative estimate of drug-likeness (QED) is 0.624. The van der Waals surface area contributed by atoms with Gasteiger partial charge < -0.3 is 14.7 Å². The molecule has 0 bridgehead atoms. The number of hydrogen-bond donors (Lipinski definition) is 0. The van der Waals surface area contributed by atoms with Crippen LogP contribution in [0, 0.1) is 12.1 Å². The molecule has 0 aliphatic rings. The summed E-state index contributed by atoms with van der Waals surface area (Å²) >= 11 is 0. The number of benzene rings is 1. The van der Waals surface area contributed by atoms with E-state index in [9.17, 15) is 5.21 Å². The Balaban J connectivity index is 2.84. The van der Waals surface area contributed by atoms with E-state index in [0.717, 1.165) is 15.6 Å². The normalized spacial score (nSPS) is 11.7. The lowest BCUT2D eigenvalue weighted by Crippen LogP contribution is -2.42. The van der Waals surface area contributed by atoms with Gasteiger partial charge in [-0.25, -0.2) is 4.73 Å². The Morgan fingerprint density at radius 3 is 2.15 bits per heavy atom. The van der Waals surface area contributed by atoms with E-state index in [0.29, 0.717) is 23.0 Å². The maximum Gasteiger partial charge on any atom is 0.307 e. The zero-order valence-electron chi connectivity index (χ0n) is 12.8. The molecule has 20 heavy (non-hydrogen) atoms. The SMILES string of the molecule is COc1cc2nc(C(C)(C)C)[n+]([O-])c(C)c2cc1OC. The van der Waals surface area contributed by atoms with Crippen molar-refractivity contribution in [2.24, 2.45) is 0 Å². The average Bonchev–Trinajstić information content (AvgIpc) is 2.40. The maximum atomic E-state index is 12.4. The number of aryl methyl sites for hydroxylation is 1. The first-order valence-corrected chi connectivity index (χ1v) is 6.46. The van der Waals surface area contributed by atoms with Crippen molar-refractivity contribution in [2.45, 2.75) is 33.1 Å². The van der Waals surface area contributed by atoms with Crippen molar-refractivity contribution < 1.29 is 14.2 Å². The molecule has 2 aromatic rings. The Labute approximate surface area is 118 Å². The van der Waals surface area contributed by atoms with Crippen LogP contribution in [0.2, 0.25) is 0 Å². The molecule has 0 atom stereocenters. The molecule has 1 aromatic carbocycles.